The molecule has 1 aliphatic carbocycles. The molecule has 0 spiro atoms. The number of anilines is 1. The second-order valence-corrected chi connectivity index (χ2v) is 11.4. The van der Waals surface area contributed by atoms with E-state index < -0.39 is 5.92 Å². The Morgan fingerprint density at radius 3 is 2.34 bits per heavy atom. The molecular formula is C25H35F2N3OS. The quantitative estimate of drug-likeness (QED) is 0.592. The third-order valence-corrected chi connectivity index (χ3v) is 9.04. The standard InChI is InChI=1S/C25H35F2N3OS/c26-25(27)10-14-28(15-11-25)18-20-6-9-24(31)30(20)19-4-7-22(8-5-19)32-23-16-21(17-23)29-12-2-1-3-13-29/h4-5,7-8,20-21,23H,1-3,6,9-18H2/t20-,21?,23?/m0/s1. The third-order valence-electron chi connectivity index (χ3n) is 7.78. The zero-order valence-corrected chi connectivity index (χ0v) is 19.7. The van der Waals surface area contributed by atoms with Crippen molar-refractivity contribution in [2.75, 3.05) is 37.6 Å². The van der Waals surface area contributed by atoms with Crippen LogP contribution in [0.3, 0.4) is 0 Å². The second-order valence-electron chi connectivity index (χ2n) is 10.1. The van der Waals surface area contributed by atoms with Crippen LogP contribution >= 0.6 is 11.8 Å². The summed E-state index contributed by atoms with van der Waals surface area (Å²) in [4.78, 5) is 20.6. The Morgan fingerprint density at radius 2 is 1.66 bits per heavy atom. The fourth-order valence-corrected chi connectivity index (χ4v) is 7.04. The van der Waals surface area contributed by atoms with Gasteiger partial charge in [-0.05, 0) is 69.5 Å². The van der Waals surface area contributed by atoms with Gasteiger partial charge in [0.05, 0.1) is 6.04 Å². The van der Waals surface area contributed by atoms with Crippen LogP contribution in [0.4, 0.5) is 14.5 Å². The summed E-state index contributed by atoms with van der Waals surface area (Å²) >= 11 is 1.97. The maximum Gasteiger partial charge on any atom is 0.250 e. The number of halogens is 2. The number of carbonyl (C=O) groups is 1. The number of nitrogens with zero attached hydrogens (tertiary/aromatic N) is 3. The molecule has 7 heteroatoms. The summed E-state index contributed by atoms with van der Waals surface area (Å²) in [5.41, 5.74) is 0.948. The van der Waals surface area contributed by atoms with Gasteiger partial charge < -0.3 is 14.7 Å². The van der Waals surface area contributed by atoms with Gasteiger partial charge in [-0.2, -0.15) is 0 Å². The number of benzene rings is 1. The third kappa shape index (κ3) is 5.15. The SMILES string of the molecule is O=C1CC[C@@H](CN2CCC(F)(F)CC2)N1c1ccc(SC2CC(N3CCCCC3)C2)cc1. The summed E-state index contributed by atoms with van der Waals surface area (Å²) in [5, 5.41) is 0.700. The molecule has 5 rings (SSSR count). The molecule has 176 valence electrons. The van der Waals surface area contributed by atoms with Crippen LogP contribution in [0.15, 0.2) is 29.2 Å². The molecule has 0 N–H and O–H groups in total. The summed E-state index contributed by atoms with van der Waals surface area (Å²) in [6.45, 7) is 4.09. The van der Waals surface area contributed by atoms with E-state index in [0.717, 1.165) is 18.2 Å². The van der Waals surface area contributed by atoms with Gasteiger partial charge in [0.2, 0.25) is 5.91 Å². The molecule has 4 fully saturated rings. The minimum absolute atomic E-state index is 0.0701. The summed E-state index contributed by atoms with van der Waals surface area (Å²) in [5.74, 6) is -2.37. The highest BCUT2D eigenvalue weighted by molar-refractivity contribution is 8.00. The van der Waals surface area contributed by atoms with Gasteiger partial charge in [-0.1, -0.05) is 6.42 Å². The number of rotatable bonds is 6. The summed E-state index contributed by atoms with van der Waals surface area (Å²) in [7, 11) is 0. The number of piperidine rings is 2. The summed E-state index contributed by atoms with van der Waals surface area (Å²) < 4.78 is 26.9. The Hall–Kier alpha value is -1.18. The molecule has 4 aliphatic rings. The van der Waals surface area contributed by atoms with E-state index in [4.69, 9.17) is 0 Å². The van der Waals surface area contributed by atoms with Crippen LogP contribution in [0.1, 0.15) is 57.8 Å². The first-order valence-electron chi connectivity index (χ1n) is 12.4. The number of hydrogen-bond donors (Lipinski definition) is 0. The number of hydrogen-bond acceptors (Lipinski definition) is 4. The molecule has 0 radical (unpaired) electrons. The van der Waals surface area contributed by atoms with Crippen LogP contribution in [-0.4, -0.2) is 71.7 Å². The Morgan fingerprint density at radius 1 is 0.969 bits per heavy atom. The van der Waals surface area contributed by atoms with Gasteiger partial charge in [0.1, 0.15) is 0 Å². The van der Waals surface area contributed by atoms with Crippen molar-refractivity contribution >= 4 is 23.4 Å². The monoisotopic (exact) mass is 463 g/mol. The Balaban J connectivity index is 1.14. The van der Waals surface area contributed by atoms with Crippen molar-refractivity contribution in [3.05, 3.63) is 24.3 Å². The van der Waals surface area contributed by atoms with Crippen molar-refractivity contribution in [3.63, 3.8) is 0 Å². The molecule has 3 aliphatic heterocycles. The first-order valence-corrected chi connectivity index (χ1v) is 13.3. The van der Waals surface area contributed by atoms with Crippen molar-refractivity contribution in [3.8, 4) is 0 Å². The van der Waals surface area contributed by atoms with Crippen LogP contribution in [-0.2, 0) is 4.79 Å². The highest BCUT2D eigenvalue weighted by atomic mass is 32.2. The Kier molecular flexibility index (Phi) is 6.77. The average molecular weight is 464 g/mol. The fourth-order valence-electron chi connectivity index (χ4n) is 5.73. The molecule has 1 atom stereocenters. The minimum Gasteiger partial charge on any atom is -0.308 e. The Labute approximate surface area is 194 Å². The van der Waals surface area contributed by atoms with Gasteiger partial charge >= 0.3 is 0 Å². The Bertz CT molecular complexity index is 783. The van der Waals surface area contributed by atoms with Crippen LogP contribution in [0.25, 0.3) is 0 Å². The molecule has 1 amide bonds. The lowest BCUT2D eigenvalue weighted by molar-refractivity contribution is -0.117. The molecule has 0 unspecified atom stereocenters. The molecule has 1 aromatic rings. The van der Waals surface area contributed by atoms with E-state index in [0.29, 0.717) is 31.3 Å². The number of amides is 1. The average Bonchev–Trinajstić information content (AvgIpc) is 3.13. The van der Waals surface area contributed by atoms with Crippen LogP contribution in [0, 0.1) is 0 Å². The largest absolute Gasteiger partial charge is 0.308 e. The fraction of sp³-hybridized carbons (Fsp3) is 0.720. The van der Waals surface area contributed by atoms with Crippen LogP contribution in [0.2, 0.25) is 0 Å². The molecule has 0 aromatic heterocycles. The first kappa shape index (κ1) is 22.6. The number of likely N-dealkylation sites (tertiary alicyclic amines) is 2. The van der Waals surface area contributed by atoms with E-state index in [1.807, 2.05) is 16.7 Å². The summed E-state index contributed by atoms with van der Waals surface area (Å²) in [6.07, 6.45) is 7.89. The minimum atomic E-state index is -2.52. The number of alkyl halides is 2. The van der Waals surface area contributed by atoms with E-state index >= 15 is 0 Å². The van der Waals surface area contributed by atoms with Gasteiger partial charge in [0.15, 0.2) is 0 Å². The highest BCUT2D eigenvalue weighted by Gasteiger charge is 2.38. The van der Waals surface area contributed by atoms with Crippen LogP contribution < -0.4 is 4.90 Å². The van der Waals surface area contributed by atoms with Crippen molar-refractivity contribution in [1.82, 2.24) is 9.80 Å². The lowest BCUT2D eigenvalue weighted by Gasteiger charge is -2.44. The van der Waals surface area contributed by atoms with E-state index in [1.54, 1.807) is 0 Å². The van der Waals surface area contributed by atoms with Gasteiger partial charge in [-0.25, -0.2) is 8.78 Å². The van der Waals surface area contributed by atoms with Crippen molar-refractivity contribution in [2.24, 2.45) is 0 Å². The highest BCUT2D eigenvalue weighted by Crippen LogP contribution is 2.40. The molecule has 3 heterocycles. The van der Waals surface area contributed by atoms with Gasteiger partial charge in [-0.3, -0.25) is 4.79 Å². The van der Waals surface area contributed by atoms with E-state index in [9.17, 15) is 13.6 Å². The van der Waals surface area contributed by atoms with E-state index in [-0.39, 0.29) is 24.8 Å². The lowest BCUT2D eigenvalue weighted by Crippen LogP contribution is -2.48. The molecular weight excluding hydrogens is 428 g/mol. The van der Waals surface area contributed by atoms with Gasteiger partial charge in [-0.15, -0.1) is 11.8 Å². The second kappa shape index (κ2) is 9.59. The smallest absolute Gasteiger partial charge is 0.250 e. The van der Waals surface area contributed by atoms with E-state index in [2.05, 4.69) is 34.1 Å². The number of carbonyl (C=O) groups excluding carboxylic acids is 1. The van der Waals surface area contributed by atoms with Gasteiger partial charge in [0.25, 0.3) is 5.92 Å². The molecule has 32 heavy (non-hydrogen) atoms. The number of thioether (sulfide) groups is 1. The normalized spacial score (nSPS) is 31.6. The molecule has 4 nitrogen and oxygen atoms in total. The van der Waals surface area contributed by atoms with Crippen molar-refractivity contribution in [2.45, 2.75) is 85.9 Å². The topological polar surface area (TPSA) is 26.8 Å². The van der Waals surface area contributed by atoms with E-state index in [1.165, 1.54) is 50.1 Å². The van der Waals surface area contributed by atoms with Crippen molar-refractivity contribution in [1.29, 1.82) is 0 Å². The summed E-state index contributed by atoms with van der Waals surface area (Å²) in [6, 6.07) is 9.32. The first-order chi connectivity index (χ1) is 15.5. The predicted octanol–water partition coefficient (Wildman–Crippen LogP) is 5.02. The molecule has 1 aromatic carbocycles. The van der Waals surface area contributed by atoms with Crippen LogP contribution in [0.5, 0.6) is 0 Å². The predicted molar refractivity (Wildman–Crippen MR) is 126 cm³/mol. The maximum atomic E-state index is 13.5. The molecule has 1 saturated carbocycles. The molecule has 0 bridgehead atoms. The van der Waals surface area contributed by atoms with Gasteiger partial charge in [0, 0.05) is 60.8 Å². The zero-order chi connectivity index (χ0) is 22.1. The van der Waals surface area contributed by atoms with Crippen molar-refractivity contribution < 1.29 is 13.6 Å². The lowest BCUT2D eigenvalue weighted by atomic mass is 9.89. The zero-order valence-electron chi connectivity index (χ0n) is 18.9. The molecule has 3 saturated heterocycles. The maximum absolute atomic E-state index is 13.5.